The molecule has 0 aliphatic carbocycles. The quantitative estimate of drug-likeness (QED) is 0.892. The Morgan fingerprint density at radius 3 is 2.40 bits per heavy atom. The van der Waals surface area contributed by atoms with Crippen LogP contribution in [0.1, 0.15) is 24.2 Å². The van der Waals surface area contributed by atoms with Crippen molar-refractivity contribution in [2.24, 2.45) is 5.92 Å². The lowest BCUT2D eigenvalue weighted by Crippen LogP contribution is -2.27. The zero-order chi connectivity index (χ0) is 14.5. The summed E-state index contributed by atoms with van der Waals surface area (Å²) in [7, 11) is 2.07. The molecule has 1 N–H and O–H groups in total. The molecule has 2 atom stereocenters. The highest BCUT2D eigenvalue weighted by Gasteiger charge is 2.18. The first kappa shape index (κ1) is 14.6. The predicted octanol–water partition coefficient (Wildman–Crippen LogP) is 3.80. The van der Waals surface area contributed by atoms with E-state index in [2.05, 4.69) is 50.1 Å². The van der Waals surface area contributed by atoms with Crippen LogP contribution in [-0.4, -0.2) is 18.7 Å². The monoisotopic (exact) mass is 269 g/mol. The summed E-state index contributed by atoms with van der Waals surface area (Å²) in [5.74, 6) is 0.169. The van der Waals surface area contributed by atoms with Gasteiger partial charge in [-0.2, -0.15) is 0 Å². The first-order valence-corrected chi connectivity index (χ1v) is 7.08. The smallest absolute Gasteiger partial charge is 0.0832 e. The lowest BCUT2D eigenvalue weighted by Gasteiger charge is -2.27. The molecule has 0 aromatic heterocycles. The molecule has 2 aromatic rings. The van der Waals surface area contributed by atoms with Gasteiger partial charge in [0.1, 0.15) is 0 Å². The topological polar surface area (TPSA) is 23.5 Å². The zero-order valence-electron chi connectivity index (χ0n) is 12.5. The molecule has 2 heteroatoms. The maximum atomic E-state index is 10.4. The molecular weight excluding hydrogens is 246 g/mol. The first-order chi connectivity index (χ1) is 9.58. The van der Waals surface area contributed by atoms with Crippen LogP contribution in [0.15, 0.2) is 54.6 Å². The van der Waals surface area contributed by atoms with Gasteiger partial charge in [-0.1, -0.05) is 49.4 Å². The summed E-state index contributed by atoms with van der Waals surface area (Å²) < 4.78 is 0. The molecule has 106 valence electrons. The van der Waals surface area contributed by atoms with Crippen molar-refractivity contribution in [1.29, 1.82) is 0 Å². The fourth-order valence-electron chi connectivity index (χ4n) is 2.48. The lowest BCUT2D eigenvalue weighted by molar-refractivity contribution is 0.121. The molecule has 0 aliphatic rings. The van der Waals surface area contributed by atoms with Gasteiger partial charge in [0.2, 0.25) is 0 Å². The third-order valence-corrected chi connectivity index (χ3v) is 3.68. The van der Waals surface area contributed by atoms with E-state index in [0.29, 0.717) is 0 Å². The largest absolute Gasteiger partial charge is 0.388 e. The van der Waals surface area contributed by atoms with Crippen molar-refractivity contribution in [3.63, 3.8) is 0 Å². The Labute approximate surface area is 121 Å². The van der Waals surface area contributed by atoms with E-state index in [4.69, 9.17) is 0 Å². The van der Waals surface area contributed by atoms with E-state index in [9.17, 15) is 5.11 Å². The van der Waals surface area contributed by atoms with E-state index in [1.165, 1.54) is 11.3 Å². The van der Waals surface area contributed by atoms with E-state index in [1.54, 1.807) is 0 Å². The third kappa shape index (κ3) is 3.61. The molecule has 0 bridgehead atoms. The van der Waals surface area contributed by atoms with Gasteiger partial charge in [-0.3, -0.25) is 0 Å². The fourth-order valence-corrected chi connectivity index (χ4v) is 2.48. The highest BCUT2D eigenvalue weighted by atomic mass is 16.3. The van der Waals surface area contributed by atoms with Gasteiger partial charge in [0, 0.05) is 25.2 Å². The summed E-state index contributed by atoms with van der Waals surface area (Å²) in [5, 5.41) is 10.4. The predicted molar refractivity (Wildman–Crippen MR) is 85.0 cm³/mol. The first-order valence-electron chi connectivity index (χ1n) is 7.08. The Morgan fingerprint density at radius 1 is 1.05 bits per heavy atom. The molecule has 2 nitrogen and oxygen atoms in total. The Kier molecular flexibility index (Phi) is 4.80. The molecule has 0 saturated carbocycles. The molecule has 0 radical (unpaired) electrons. The van der Waals surface area contributed by atoms with Gasteiger partial charge in [0.05, 0.1) is 6.10 Å². The van der Waals surface area contributed by atoms with Crippen LogP contribution in [-0.2, 0) is 0 Å². The maximum absolute atomic E-state index is 10.4. The van der Waals surface area contributed by atoms with Gasteiger partial charge in [-0.05, 0) is 30.2 Å². The van der Waals surface area contributed by atoms with Crippen molar-refractivity contribution < 1.29 is 5.11 Å². The number of aryl methyl sites for hydroxylation is 1. The molecular formula is C18H23NO. The fraction of sp³-hybridized carbons (Fsp3) is 0.333. The Morgan fingerprint density at radius 2 is 1.75 bits per heavy atom. The number of aliphatic hydroxyl groups is 1. The molecule has 2 unspecified atom stereocenters. The number of anilines is 1. The van der Waals surface area contributed by atoms with Crippen LogP contribution in [0.25, 0.3) is 0 Å². The SMILES string of the molecule is Cc1cccc(N(C)CC(C)C(O)c2ccccc2)c1. The number of rotatable bonds is 5. The average Bonchev–Trinajstić information content (AvgIpc) is 2.47. The number of nitrogens with zero attached hydrogens (tertiary/aromatic N) is 1. The van der Waals surface area contributed by atoms with Crippen LogP contribution in [0.3, 0.4) is 0 Å². The molecule has 2 aromatic carbocycles. The van der Waals surface area contributed by atoms with Crippen LogP contribution in [0.4, 0.5) is 5.69 Å². The minimum Gasteiger partial charge on any atom is -0.388 e. The normalized spacial score (nSPS) is 13.8. The van der Waals surface area contributed by atoms with E-state index < -0.39 is 6.10 Å². The number of hydrogen-bond donors (Lipinski definition) is 1. The average molecular weight is 269 g/mol. The molecule has 0 fully saturated rings. The second-order valence-electron chi connectivity index (χ2n) is 5.55. The third-order valence-electron chi connectivity index (χ3n) is 3.68. The lowest BCUT2D eigenvalue weighted by atomic mass is 9.97. The molecule has 0 aliphatic heterocycles. The van der Waals surface area contributed by atoms with Gasteiger partial charge in [0.15, 0.2) is 0 Å². The summed E-state index contributed by atoms with van der Waals surface area (Å²) >= 11 is 0. The van der Waals surface area contributed by atoms with Gasteiger partial charge in [-0.15, -0.1) is 0 Å². The highest BCUT2D eigenvalue weighted by Crippen LogP contribution is 2.24. The molecule has 0 saturated heterocycles. The van der Waals surface area contributed by atoms with Gasteiger partial charge in [-0.25, -0.2) is 0 Å². The van der Waals surface area contributed by atoms with E-state index >= 15 is 0 Å². The van der Waals surface area contributed by atoms with Crippen molar-refractivity contribution in [2.75, 3.05) is 18.5 Å². The minimum absolute atomic E-state index is 0.169. The van der Waals surface area contributed by atoms with E-state index in [1.807, 2.05) is 30.3 Å². The van der Waals surface area contributed by atoms with E-state index in [0.717, 1.165) is 12.1 Å². The van der Waals surface area contributed by atoms with Crippen LogP contribution < -0.4 is 4.90 Å². The van der Waals surface area contributed by atoms with Crippen molar-refractivity contribution in [3.8, 4) is 0 Å². The second-order valence-corrected chi connectivity index (χ2v) is 5.55. The van der Waals surface area contributed by atoms with Crippen LogP contribution in [0.5, 0.6) is 0 Å². The summed E-state index contributed by atoms with van der Waals surface area (Å²) in [6, 6.07) is 18.3. The number of aliphatic hydroxyl groups excluding tert-OH is 1. The van der Waals surface area contributed by atoms with Crippen molar-refractivity contribution in [1.82, 2.24) is 0 Å². The second kappa shape index (κ2) is 6.58. The Balaban J connectivity index is 2.02. The van der Waals surface area contributed by atoms with Crippen molar-refractivity contribution >= 4 is 5.69 Å². The van der Waals surface area contributed by atoms with Crippen LogP contribution in [0, 0.1) is 12.8 Å². The molecule has 2 rings (SSSR count). The molecule has 0 spiro atoms. The Bertz CT molecular complexity index is 538. The standard InChI is InChI=1S/C18H23NO/c1-14-8-7-11-17(12-14)19(3)13-15(2)18(20)16-9-5-4-6-10-16/h4-12,15,18,20H,13H2,1-3H3. The van der Waals surface area contributed by atoms with Gasteiger partial charge < -0.3 is 10.0 Å². The molecule has 20 heavy (non-hydrogen) atoms. The molecule has 0 amide bonds. The van der Waals surface area contributed by atoms with Gasteiger partial charge in [0.25, 0.3) is 0 Å². The summed E-state index contributed by atoms with van der Waals surface area (Å²) in [5.41, 5.74) is 3.43. The van der Waals surface area contributed by atoms with E-state index in [-0.39, 0.29) is 5.92 Å². The van der Waals surface area contributed by atoms with Crippen molar-refractivity contribution in [2.45, 2.75) is 20.0 Å². The van der Waals surface area contributed by atoms with Gasteiger partial charge >= 0.3 is 0 Å². The minimum atomic E-state index is -0.427. The Hall–Kier alpha value is -1.80. The zero-order valence-corrected chi connectivity index (χ0v) is 12.5. The van der Waals surface area contributed by atoms with Crippen molar-refractivity contribution in [3.05, 3.63) is 65.7 Å². The summed E-state index contributed by atoms with van der Waals surface area (Å²) in [4.78, 5) is 2.20. The number of benzene rings is 2. The highest BCUT2D eigenvalue weighted by molar-refractivity contribution is 5.47. The summed E-state index contributed by atoms with van der Waals surface area (Å²) in [6.45, 7) is 5.00. The maximum Gasteiger partial charge on any atom is 0.0832 e. The molecule has 0 heterocycles. The van der Waals surface area contributed by atoms with Crippen LogP contribution in [0.2, 0.25) is 0 Å². The number of hydrogen-bond acceptors (Lipinski definition) is 2. The summed E-state index contributed by atoms with van der Waals surface area (Å²) in [6.07, 6.45) is -0.427. The van der Waals surface area contributed by atoms with Crippen LogP contribution >= 0.6 is 0 Å².